The van der Waals surface area contributed by atoms with Crippen LogP contribution in [0.5, 0.6) is 0 Å². The van der Waals surface area contributed by atoms with Gasteiger partial charge in [-0.25, -0.2) is 8.42 Å². The molecule has 0 aromatic heterocycles. The van der Waals surface area contributed by atoms with E-state index in [1.807, 2.05) is 23.6 Å². The number of morpholine rings is 1. The van der Waals surface area contributed by atoms with Crippen molar-refractivity contribution in [1.82, 2.24) is 14.7 Å². The van der Waals surface area contributed by atoms with Gasteiger partial charge < -0.3 is 14.5 Å². The summed E-state index contributed by atoms with van der Waals surface area (Å²) < 4.78 is 29.9. The van der Waals surface area contributed by atoms with Crippen molar-refractivity contribution < 1.29 is 22.7 Å². The fourth-order valence-electron chi connectivity index (χ4n) is 6.11. The summed E-state index contributed by atoms with van der Waals surface area (Å²) in [5.74, 6) is 0.619. The Bertz CT molecular complexity index is 779. The van der Waals surface area contributed by atoms with E-state index in [1.165, 1.54) is 0 Å². The van der Waals surface area contributed by atoms with Crippen LogP contribution in [-0.4, -0.2) is 103 Å². The van der Waals surface area contributed by atoms with Crippen molar-refractivity contribution in [3.8, 4) is 0 Å². The summed E-state index contributed by atoms with van der Waals surface area (Å²) in [4.78, 5) is 32.4. The summed E-state index contributed by atoms with van der Waals surface area (Å²) in [6.45, 7) is 7.13. The molecule has 182 valence electrons. The maximum atomic E-state index is 13.3. The van der Waals surface area contributed by atoms with Crippen LogP contribution in [0, 0.1) is 5.92 Å². The Labute approximate surface area is 192 Å². The smallest absolute Gasteiger partial charge is 0.237 e. The Kier molecular flexibility index (Phi) is 7.46. The molecular weight excluding hydrogens is 430 g/mol. The van der Waals surface area contributed by atoms with Crippen molar-refractivity contribution >= 4 is 21.7 Å². The summed E-state index contributed by atoms with van der Waals surface area (Å²) in [5, 5.41) is 0. The fraction of sp³-hybridized carbons (Fsp3) is 0.913. The molecule has 32 heavy (non-hydrogen) atoms. The second-order valence-electron chi connectivity index (χ2n) is 10.3. The van der Waals surface area contributed by atoms with Gasteiger partial charge in [0.2, 0.25) is 11.8 Å². The minimum Gasteiger partial charge on any atom is -0.372 e. The topological polar surface area (TPSA) is 87.2 Å². The highest BCUT2D eigenvalue weighted by Crippen LogP contribution is 2.30. The van der Waals surface area contributed by atoms with E-state index in [2.05, 4.69) is 4.90 Å². The number of nitrogens with zero attached hydrogens (tertiary/aromatic N) is 3. The predicted molar refractivity (Wildman–Crippen MR) is 122 cm³/mol. The van der Waals surface area contributed by atoms with Gasteiger partial charge in [0.05, 0.1) is 30.3 Å². The molecule has 2 amide bonds. The molecule has 9 heteroatoms. The molecule has 3 atom stereocenters. The number of hydrogen-bond acceptors (Lipinski definition) is 6. The standard InChI is InChI=1S/C23H39N3O5S/c1-17-13-25(14-18(2)31-17)23(28)19-7-10-24(11-8-19)15-22(27)26(20-5-3-4-6-20)21-9-12-32(29,30)16-21/h17-21H,3-16H2,1-2H3/t17-,18+,21-/m1/s1. The third-order valence-electron chi connectivity index (χ3n) is 7.63. The van der Waals surface area contributed by atoms with Crippen LogP contribution in [-0.2, 0) is 24.2 Å². The van der Waals surface area contributed by atoms with Crippen molar-refractivity contribution in [3.63, 3.8) is 0 Å². The van der Waals surface area contributed by atoms with Crippen LogP contribution in [0.2, 0.25) is 0 Å². The Morgan fingerprint density at radius 1 is 0.938 bits per heavy atom. The molecule has 0 aromatic carbocycles. The molecule has 0 spiro atoms. The van der Waals surface area contributed by atoms with E-state index in [0.29, 0.717) is 26.1 Å². The first-order chi connectivity index (χ1) is 15.2. The zero-order valence-electron chi connectivity index (χ0n) is 19.6. The van der Waals surface area contributed by atoms with Gasteiger partial charge in [0.1, 0.15) is 0 Å². The molecule has 8 nitrogen and oxygen atoms in total. The summed E-state index contributed by atoms with van der Waals surface area (Å²) in [6, 6.07) is 0.0187. The minimum atomic E-state index is -3.03. The molecule has 0 bridgehead atoms. The number of carbonyl (C=O) groups excluding carboxylic acids is 2. The van der Waals surface area contributed by atoms with E-state index in [1.54, 1.807) is 0 Å². The van der Waals surface area contributed by atoms with E-state index in [-0.39, 0.29) is 53.5 Å². The summed E-state index contributed by atoms with van der Waals surface area (Å²) in [6.07, 6.45) is 6.44. The first-order valence-electron chi connectivity index (χ1n) is 12.4. The second-order valence-corrected chi connectivity index (χ2v) is 12.6. The third kappa shape index (κ3) is 5.65. The molecule has 0 N–H and O–H groups in total. The number of piperidine rings is 1. The van der Waals surface area contributed by atoms with Crippen LogP contribution >= 0.6 is 0 Å². The summed E-state index contributed by atoms with van der Waals surface area (Å²) in [5.41, 5.74) is 0. The number of rotatable bonds is 5. The van der Waals surface area contributed by atoms with E-state index in [4.69, 9.17) is 4.74 Å². The van der Waals surface area contributed by atoms with Crippen LogP contribution < -0.4 is 0 Å². The highest BCUT2D eigenvalue weighted by atomic mass is 32.2. The zero-order chi connectivity index (χ0) is 22.9. The van der Waals surface area contributed by atoms with Gasteiger partial charge in [-0.15, -0.1) is 0 Å². The van der Waals surface area contributed by atoms with Gasteiger partial charge in [-0.2, -0.15) is 0 Å². The third-order valence-corrected chi connectivity index (χ3v) is 9.39. The van der Waals surface area contributed by atoms with Crippen LogP contribution in [0.4, 0.5) is 0 Å². The zero-order valence-corrected chi connectivity index (χ0v) is 20.4. The highest BCUT2D eigenvalue weighted by Gasteiger charge is 2.40. The van der Waals surface area contributed by atoms with Gasteiger partial charge in [0, 0.05) is 31.1 Å². The Balaban J connectivity index is 1.31. The Morgan fingerprint density at radius 3 is 2.12 bits per heavy atom. The van der Waals surface area contributed by atoms with Gasteiger partial charge in [0.25, 0.3) is 0 Å². The molecule has 0 radical (unpaired) electrons. The molecule has 1 aliphatic carbocycles. The quantitative estimate of drug-likeness (QED) is 0.603. The lowest BCUT2D eigenvalue weighted by Crippen LogP contribution is -2.53. The average molecular weight is 470 g/mol. The first-order valence-corrected chi connectivity index (χ1v) is 14.2. The Hall–Kier alpha value is -1.19. The lowest BCUT2D eigenvalue weighted by atomic mass is 9.94. The molecule has 0 aromatic rings. The molecule has 3 saturated heterocycles. The number of hydrogen-bond donors (Lipinski definition) is 0. The fourth-order valence-corrected chi connectivity index (χ4v) is 7.82. The maximum Gasteiger partial charge on any atom is 0.237 e. The van der Waals surface area contributed by atoms with Crippen LogP contribution in [0.3, 0.4) is 0 Å². The molecule has 3 aliphatic heterocycles. The van der Waals surface area contributed by atoms with Crippen LogP contribution in [0.25, 0.3) is 0 Å². The van der Waals surface area contributed by atoms with Crippen molar-refractivity contribution in [3.05, 3.63) is 0 Å². The van der Waals surface area contributed by atoms with Gasteiger partial charge >= 0.3 is 0 Å². The number of likely N-dealkylation sites (tertiary alicyclic amines) is 1. The number of carbonyl (C=O) groups is 2. The molecule has 3 heterocycles. The highest BCUT2D eigenvalue weighted by molar-refractivity contribution is 7.91. The minimum absolute atomic E-state index is 0.0183. The summed E-state index contributed by atoms with van der Waals surface area (Å²) in [7, 11) is -3.03. The molecular formula is C23H39N3O5S. The first kappa shape index (κ1) is 24.0. The maximum absolute atomic E-state index is 13.3. The molecule has 4 fully saturated rings. The molecule has 0 unspecified atom stereocenters. The van der Waals surface area contributed by atoms with Gasteiger partial charge in [0.15, 0.2) is 9.84 Å². The van der Waals surface area contributed by atoms with E-state index >= 15 is 0 Å². The molecule has 1 saturated carbocycles. The van der Waals surface area contributed by atoms with Crippen molar-refractivity contribution in [1.29, 1.82) is 0 Å². The average Bonchev–Trinajstić information content (AvgIpc) is 3.37. The van der Waals surface area contributed by atoms with E-state index in [0.717, 1.165) is 51.6 Å². The SMILES string of the molecule is C[C@@H]1CN(C(=O)C2CCN(CC(=O)N(C3CCCC3)[C@@H]3CCS(=O)(=O)C3)CC2)C[C@H](C)O1. The van der Waals surface area contributed by atoms with Crippen LogP contribution in [0.1, 0.15) is 58.8 Å². The number of amides is 2. The lowest BCUT2D eigenvalue weighted by molar-refractivity contribution is -0.149. The molecule has 4 aliphatic rings. The monoisotopic (exact) mass is 469 g/mol. The second kappa shape index (κ2) is 9.97. The van der Waals surface area contributed by atoms with E-state index in [9.17, 15) is 18.0 Å². The van der Waals surface area contributed by atoms with Crippen molar-refractivity contribution in [2.45, 2.75) is 83.1 Å². The van der Waals surface area contributed by atoms with Crippen molar-refractivity contribution in [2.24, 2.45) is 5.92 Å². The van der Waals surface area contributed by atoms with Gasteiger partial charge in [-0.05, 0) is 59.0 Å². The lowest BCUT2D eigenvalue weighted by Gasteiger charge is -2.40. The largest absolute Gasteiger partial charge is 0.372 e. The van der Waals surface area contributed by atoms with Gasteiger partial charge in [-0.1, -0.05) is 12.8 Å². The normalized spacial score (nSPS) is 32.3. The summed E-state index contributed by atoms with van der Waals surface area (Å²) >= 11 is 0. The van der Waals surface area contributed by atoms with Crippen LogP contribution in [0.15, 0.2) is 0 Å². The van der Waals surface area contributed by atoms with Crippen molar-refractivity contribution in [2.75, 3.05) is 44.2 Å². The predicted octanol–water partition coefficient (Wildman–Crippen LogP) is 1.29. The van der Waals surface area contributed by atoms with E-state index < -0.39 is 9.84 Å². The number of sulfone groups is 1. The Morgan fingerprint density at radius 2 is 1.56 bits per heavy atom. The molecule has 4 rings (SSSR count). The number of ether oxygens (including phenoxy) is 1. The van der Waals surface area contributed by atoms with Gasteiger partial charge in [-0.3, -0.25) is 14.5 Å².